The van der Waals surface area contributed by atoms with Gasteiger partial charge >= 0.3 is 0 Å². The molecule has 1 aromatic rings. The third-order valence-electron chi connectivity index (χ3n) is 3.67. The molecule has 0 aliphatic carbocycles. The van der Waals surface area contributed by atoms with E-state index >= 15 is 0 Å². The third kappa shape index (κ3) is 3.68. The molecule has 2 heterocycles. The highest BCUT2D eigenvalue weighted by Gasteiger charge is 2.30. The van der Waals surface area contributed by atoms with Gasteiger partial charge in [-0.2, -0.15) is 4.31 Å². The van der Waals surface area contributed by atoms with Crippen molar-refractivity contribution in [1.29, 1.82) is 0 Å². The van der Waals surface area contributed by atoms with Crippen LogP contribution in [0.4, 0.5) is 0 Å². The van der Waals surface area contributed by atoms with Crippen molar-refractivity contribution in [2.75, 3.05) is 26.3 Å². The van der Waals surface area contributed by atoms with Crippen LogP contribution in [0.2, 0.25) is 0 Å². The quantitative estimate of drug-likeness (QED) is 0.879. The fourth-order valence-corrected chi connectivity index (χ4v) is 5.03. The van der Waals surface area contributed by atoms with Crippen molar-refractivity contribution >= 4 is 27.3 Å². The van der Waals surface area contributed by atoms with Crippen LogP contribution in [0.5, 0.6) is 0 Å². The summed E-state index contributed by atoms with van der Waals surface area (Å²) in [4.78, 5) is 13.5. The van der Waals surface area contributed by atoms with E-state index in [4.69, 9.17) is 4.74 Å². The smallest absolute Gasteiger partial charge is 0.261 e. The normalized spacial score (nSPS) is 18.1. The molecule has 1 atom stereocenters. The van der Waals surface area contributed by atoms with E-state index in [2.05, 4.69) is 5.32 Å². The maximum atomic E-state index is 12.7. The largest absolute Gasteiger partial charge is 0.379 e. The van der Waals surface area contributed by atoms with Crippen LogP contribution in [0.3, 0.4) is 0 Å². The number of thiophene rings is 1. The van der Waals surface area contributed by atoms with Gasteiger partial charge in [0.1, 0.15) is 0 Å². The Morgan fingerprint density at radius 3 is 2.68 bits per heavy atom. The number of carbonyl (C=O) groups excluding carboxylic acids is 1. The van der Waals surface area contributed by atoms with E-state index in [0.29, 0.717) is 36.1 Å². The van der Waals surface area contributed by atoms with Crippen LogP contribution in [-0.4, -0.2) is 51.0 Å². The number of ether oxygens (including phenoxy) is 1. The van der Waals surface area contributed by atoms with Crippen LogP contribution >= 0.6 is 11.3 Å². The van der Waals surface area contributed by atoms with Crippen LogP contribution in [0.15, 0.2) is 11.0 Å². The highest BCUT2D eigenvalue weighted by atomic mass is 32.2. The van der Waals surface area contributed by atoms with Crippen LogP contribution < -0.4 is 5.32 Å². The molecule has 1 fully saturated rings. The molecule has 124 valence electrons. The lowest BCUT2D eigenvalue weighted by Crippen LogP contribution is -2.40. The van der Waals surface area contributed by atoms with Crippen LogP contribution in [-0.2, 0) is 14.8 Å². The van der Waals surface area contributed by atoms with E-state index in [9.17, 15) is 13.2 Å². The van der Waals surface area contributed by atoms with Gasteiger partial charge in [-0.15, -0.1) is 11.3 Å². The Kier molecular flexibility index (Phi) is 5.60. The summed E-state index contributed by atoms with van der Waals surface area (Å²) >= 11 is 1.22. The SMILES string of the molecule is CC[C@H](C)NC(=O)c1cc(S(=O)(=O)N2CCOCC2)c(C)s1. The zero-order chi connectivity index (χ0) is 16.3. The Labute approximate surface area is 135 Å². The van der Waals surface area contributed by atoms with E-state index in [1.165, 1.54) is 21.7 Å². The van der Waals surface area contributed by atoms with Gasteiger partial charge in [-0.25, -0.2) is 8.42 Å². The number of nitrogens with one attached hydrogen (secondary N) is 1. The van der Waals surface area contributed by atoms with Crippen molar-refractivity contribution in [3.8, 4) is 0 Å². The minimum atomic E-state index is -3.56. The lowest BCUT2D eigenvalue weighted by Gasteiger charge is -2.25. The lowest BCUT2D eigenvalue weighted by molar-refractivity contribution is 0.0730. The molecule has 0 aromatic carbocycles. The van der Waals surface area contributed by atoms with E-state index in [-0.39, 0.29) is 16.8 Å². The van der Waals surface area contributed by atoms with E-state index in [1.807, 2.05) is 13.8 Å². The van der Waals surface area contributed by atoms with Crippen molar-refractivity contribution in [1.82, 2.24) is 9.62 Å². The fraction of sp³-hybridized carbons (Fsp3) is 0.643. The Balaban J connectivity index is 2.23. The molecule has 0 saturated carbocycles. The molecule has 8 heteroatoms. The van der Waals surface area contributed by atoms with Crippen molar-refractivity contribution in [2.24, 2.45) is 0 Å². The first-order valence-electron chi connectivity index (χ1n) is 7.35. The fourth-order valence-electron chi connectivity index (χ4n) is 2.16. The molecule has 1 aliphatic rings. The summed E-state index contributed by atoms with van der Waals surface area (Å²) in [6.45, 7) is 7.16. The van der Waals surface area contributed by atoms with Crippen LogP contribution in [0.1, 0.15) is 34.8 Å². The Morgan fingerprint density at radius 1 is 1.45 bits per heavy atom. The first-order valence-corrected chi connectivity index (χ1v) is 9.61. The molecule has 1 aromatic heterocycles. The molecular formula is C14H22N2O4S2. The standard InChI is InChI=1S/C14H22N2O4S2/c1-4-10(2)15-14(17)12-9-13(11(3)21-12)22(18,19)16-5-7-20-8-6-16/h9-10H,4-8H2,1-3H3,(H,15,17)/t10-/m0/s1. The Hall–Kier alpha value is -0.960. The zero-order valence-electron chi connectivity index (χ0n) is 13.1. The maximum absolute atomic E-state index is 12.7. The second-order valence-electron chi connectivity index (χ2n) is 5.33. The Morgan fingerprint density at radius 2 is 2.09 bits per heavy atom. The summed E-state index contributed by atoms with van der Waals surface area (Å²) in [6, 6.07) is 1.55. The Bertz CT molecular complexity index is 633. The molecule has 0 unspecified atom stereocenters. The molecule has 2 rings (SSSR count). The number of morpholine rings is 1. The summed E-state index contributed by atoms with van der Waals surface area (Å²) in [5, 5.41) is 2.86. The van der Waals surface area contributed by atoms with Crippen LogP contribution in [0, 0.1) is 6.92 Å². The van der Waals surface area contributed by atoms with E-state index in [0.717, 1.165) is 6.42 Å². The highest BCUT2D eigenvalue weighted by molar-refractivity contribution is 7.89. The summed E-state index contributed by atoms with van der Waals surface area (Å²) in [6.07, 6.45) is 0.828. The topological polar surface area (TPSA) is 75.7 Å². The summed E-state index contributed by atoms with van der Waals surface area (Å²) < 4.78 is 31.9. The average Bonchev–Trinajstić information content (AvgIpc) is 2.91. The molecule has 0 bridgehead atoms. The number of carbonyl (C=O) groups is 1. The van der Waals surface area contributed by atoms with Gasteiger partial charge in [0, 0.05) is 24.0 Å². The molecule has 22 heavy (non-hydrogen) atoms. The van der Waals surface area contributed by atoms with E-state index in [1.54, 1.807) is 6.92 Å². The molecular weight excluding hydrogens is 324 g/mol. The van der Waals surface area contributed by atoms with Gasteiger partial charge in [-0.3, -0.25) is 4.79 Å². The van der Waals surface area contributed by atoms with Gasteiger partial charge in [0.25, 0.3) is 5.91 Å². The second kappa shape index (κ2) is 7.08. The molecule has 1 amide bonds. The van der Waals surface area contributed by atoms with Crippen molar-refractivity contribution in [3.05, 3.63) is 15.8 Å². The number of hydrogen-bond donors (Lipinski definition) is 1. The molecule has 1 aliphatic heterocycles. The maximum Gasteiger partial charge on any atom is 0.261 e. The van der Waals surface area contributed by atoms with Gasteiger partial charge in [0.15, 0.2) is 0 Å². The van der Waals surface area contributed by atoms with Gasteiger partial charge in [0.2, 0.25) is 10.0 Å². The number of rotatable bonds is 5. The first kappa shape index (κ1) is 17.4. The minimum Gasteiger partial charge on any atom is -0.379 e. The zero-order valence-corrected chi connectivity index (χ0v) is 14.7. The number of amides is 1. The number of nitrogens with zero attached hydrogens (tertiary/aromatic N) is 1. The molecule has 1 N–H and O–H groups in total. The number of aryl methyl sites for hydroxylation is 1. The van der Waals surface area contributed by atoms with Crippen molar-refractivity contribution in [2.45, 2.75) is 38.1 Å². The summed E-state index contributed by atoms with van der Waals surface area (Å²) in [5.41, 5.74) is 0. The highest BCUT2D eigenvalue weighted by Crippen LogP contribution is 2.28. The molecule has 6 nitrogen and oxygen atoms in total. The third-order valence-corrected chi connectivity index (χ3v) is 6.88. The van der Waals surface area contributed by atoms with Gasteiger partial charge in [0.05, 0.1) is 23.0 Å². The molecule has 1 saturated heterocycles. The summed E-state index contributed by atoms with van der Waals surface area (Å²) in [7, 11) is -3.56. The predicted molar refractivity (Wildman–Crippen MR) is 85.9 cm³/mol. The number of sulfonamides is 1. The lowest BCUT2D eigenvalue weighted by atomic mass is 10.2. The second-order valence-corrected chi connectivity index (χ2v) is 8.49. The first-order chi connectivity index (χ1) is 10.4. The van der Waals surface area contributed by atoms with Crippen molar-refractivity contribution < 1.29 is 17.9 Å². The van der Waals surface area contributed by atoms with E-state index < -0.39 is 10.0 Å². The minimum absolute atomic E-state index is 0.0641. The molecule has 0 radical (unpaired) electrons. The van der Waals surface area contributed by atoms with Gasteiger partial charge in [-0.05, 0) is 26.3 Å². The predicted octanol–water partition coefficient (Wildman–Crippen LogP) is 1.61. The van der Waals surface area contributed by atoms with Gasteiger partial charge < -0.3 is 10.1 Å². The van der Waals surface area contributed by atoms with Crippen LogP contribution in [0.25, 0.3) is 0 Å². The summed E-state index contributed by atoms with van der Waals surface area (Å²) in [5.74, 6) is -0.217. The number of hydrogen-bond acceptors (Lipinski definition) is 5. The average molecular weight is 346 g/mol. The molecule has 0 spiro atoms. The van der Waals surface area contributed by atoms with Crippen molar-refractivity contribution in [3.63, 3.8) is 0 Å². The van der Waals surface area contributed by atoms with Gasteiger partial charge in [-0.1, -0.05) is 6.92 Å². The monoisotopic (exact) mass is 346 g/mol.